The Labute approximate surface area is 223 Å². The van der Waals surface area contributed by atoms with Crippen molar-refractivity contribution in [3.8, 4) is 28.6 Å². The molecule has 0 spiro atoms. The zero-order valence-corrected chi connectivity index (χ0v) is 22.1. The Bertz CT molecular complexity index is 1500. The highest BCUT2D eigenvalue weighted by atomic mass is 32.2. The normalized spacial score (nSPS) is 12.2. The zero-order chi connectivity index (χ0) is 28.9. The Kier molecular flexibility index (Phi) is 9.20. The summed E-state index contributed by atoms with van der Waals surface area (Å²) in [5, 5.41) is 9.40. The van der Waals surface area contributed by atoms with E-state index < -0.39 is 51.4 Å². The highest BCUT2D eigenvalue weighted by molar-refractivity contribution is 7.89. The van der Waals surface area contributed by atoms with Crippen LogP contribution >= 0.6 is 0 Å². The number of ether oxygens (including phenoxy) is 2. The van der Waals surface area contributed by atoms with Crippen LogP contribution < -0.4 is 19.9 Å². The number of carboxylic acid groups (broad SMARTS) is 1. The summed E-state index contributed by atoms with van der Waals surface area (Å²) in [7, 11) is -3.91. The van der Waals surface area contributed by atoms with Crippen LogP contribution in [0.1, 0.15) is 36.2 Å². The van der Waals surface area contributed by atoms with E-state index in [0.717, 1.165) is 17.9 Å². The molecular weight excluding hydrogens is 536 g/mol. The third-order valence-corrected chi connectivity index (χ3v) is 5.79. The van der Waals surface area contributed by atoms with Crippen LogP contribution in [0.3, 0.4) is 0 Å². The van der Waals surface area contributed by atoms with Crippen LogP contribution in [0.4, 0.5) is 8.78 Å². The number of nitrogens with one attached hydrogen (secondary N) is 1. The molecule has 2 aromatic carbocycles. The molecule has 0 aliphatic heterocycles. The number of benzene rings is 2. The Morgan fingerprint density at radius 3 is 2.36 bits per heavy atom. The molecule has 1 aromatic heterocycles. The van der Waals surface area contributed by atoms with Gasteiger partial charge >= 0.3 is 5.97 Å². The van der Waals surface area contributed by atoms with Crippen LogP contribution in [0, 0.1) is 17.6 Å². The standard InChI is InChI=1S/C26H27F2N3O7S/c1-14(2)7-22(26(33)34)38-25-21(28)12-20(27)24(30-25)37-19-10-17(16-6-4-5-15(8-16)13-29)9-18(11-19)23(32)31-39(3,35)36/h4-6,8-12,14,22H,7,13,29H2,1-3H3,(H,31,32)(H,33,34). The van der Waals surface area contributed by atoms with Gasteiger partial charge < -0.3 is 20.3 Å². The second kappa shape index (κ2) is 12.2. The maximum absolute atomic E-state index is 14.7. The number of carbonyl (C=O) groups is 2. The SMILES string of the molecule is CC(C)CC(Oc1nc(Oc2cc(C(=O)NS(C)(=O)=O)cc(-c3cccc(CN)c3)c2)c(F)cc1F)C(=O)O. The molecule has 1 unspecified atom stereocenters. The molecule has 0 aliphatic rings. The van der Waals surface area contributed by atoms with Gasteiger partial charge in [0.05, 0.1) is 6.26 Å². The molecule has 0 aliphatic carbocycles. The van der Waals surface area contributed by atoms with Crippen molar-refractivity contribution < 1.29 is 41.4 Å². The predicted octanol–water partition coefficient (Wildman–Crippen LogP) is 3.85. The fourth-order valence-corrected chi connectivity index (χ4v) is 3.98. The third-order valence-electron chi connectivity index (χ3n) is 5.24. The van der Waals surface area contributed by atoms with Gasteiger partial charge in [-0.1, -0.05) is 32.0 Å². The summed E-state index contributed by atoms with van der Waals surface area (Å²) in [6.45, 7) is 3.72. The van der Waals surface area contributed by atoms with Crippen LogP contribution in [0.25, 0.3) is 11.1 Å². The Balaban J connectivity index is 2.06. The van der Waals surface area contributed by atoms with Crippen molar-refractivity contribution in [2.45, 2.75) is 32.9 Å². The molecule has 1 atom stereocenters. The molecule has 10 nitrogen and oxygen atoms in total. The van der Waals surface area contributed by atoms with Gasteiger partial charge in [-0.2, -0.15) is 4.98 Å². The molecule has 3 aromatic rings. The summed E-state index contributed by atoms with van der Waals surface area (Å²) in [5.41, 5.74) is 7.32. The van der Waals surface area contributed by atoms with E-state index in [1.165, 1.54) is 12.1 Å². The van der Waals surface area contributed by atoms with Crippen molar-refractivity contribution in [2.24, 2.45) is 11.7 Å². The minimum absolute atomic E-state index is 0.0345. The summed E-state index contributed by atoms with van der Waals surface area (Å²) in [6.07, 6.45) is -0.609. The molecule has 0 bridgehead atoms. The van der Waals surface area contributed by atoms with Crippen LogP contribution in [-0.4, -0.2) is 42.7 Å². The molecule has 13 heteroatoms. The van der Waals surface area contributed by atoms with E-state index in [1.807, 2.05) is 4.72 Å². The fraction of sp³-hybridized carbons (Fsp3) is 0.269. The monoisotopic (exact) mass is 563 g/mol. The third kappa shape index (κ3) is 8.19. The van der Waals surface area contributed by atoms with Gasteiger partial charge in [-0.05, 0) is 53.3 Å². The molecule has 39 heavy (non-hydrogen) atoms. The molecule has 0 radical (unpaired) electrons. The first-order valence-corrected chi connectivity index (χ1v) is 13.5. The lowest BCUT2D eigenvalue weighted by atomic mass is 10.0. The van der Waals surface area contributed by atoms with E-state index in [4.69, 9.17) is 15.2 Å². The van der Waals surface area contributed by atoms with E-state index in [1.54, 1.807) is 38.1 Å². The molecule has 208 valence electrons. The first-order valence-electron chi connectivity index (χ1n) is 11.7. The topological polar surface area (TPSA) is 158 Å². The number of nitrogens with zero attached hydrogens (tertiary/aromatic N) is 1. The number of nitrogens with two attached hydrogens (primary N) is 1. The van der Waals surface area contributed by atoms with Gasteiger partial charge in [-0.15, -0.1) is 0 Å². The average Bonchev–Trinajstić information content (AvgIpc) is 2.84. The number of carbonyl (C=O) groups excluding carboxylic acids is 1. The summed E-state index contributed by atoms with van der Waals surface area (Å²) in [4.78, 5) is 27.9. The fourth-order valence-electron chi connectivity index (χ4n) is 3.52. The number of amides is 1. The van der Waals surface area contributed by atoms with E-state index >= 15 is 0 Å². The summed E-state index contributed by atoms with van der Waals surface area (Å²) < 4.78 is 64.9. The second-order valence-electron chi connectivity index (χ2n) is 9.09. The molecule has 1 amide bonds. The number of pyridine rings is 1. The first kappa shape index (κ1) is 29.5. The van der Waals surface area contributed by atoms with Crippen molar-refractivity contribution in [2.75, 3.05) is 6.26 Å². The number of rotatable bonds is 11. The number of aliphatic carboxylic acids is 1. The number of carboxylic acids is 1. The van der Waals surface area contributed by atoms with Gasteiger partial charge in [0.15, 0.2) is 17.7 Å². The summed E-state index contributed by atoms with van der Waals surface area (Å²) in [5.74, 6) is -6.61. The van der Waals surface area contributed by atoms with Crippen molar-refractivity contribution in [3.63, 3.8) is 0 Å². The average molecular weight is 564 g/mol. The molecule has 0 saturated carbocycles. The van der Waals surface area contributed by atoms with E-state index in [-0.39, 0.29) is 30.2 Å². The number of hydrogen-bond donors (Lipinski definition) is 3. The van der Waals surface area contributed by atoms with Gasteiger partial charge in [0.2, 0.25) is 10.0 Å². The van der Waals surface area contributed by atoms with Crippen molar-refractivity contribution >= 4 is 21.9 Å². The predicted molar refractivity (Wildman–Crippen MR) is 138 cm³/mol. The lowest BCUT2D eigenvalue weighted by molar-refractivity contribution is -0.146. The van der Waals surface area contributed by atoms with Crippen LogP contribution in [0.5, 0.6) is 17.5 Å². The van der Waals surface area contributed by atoms with Crippen molar-refractivity contribution in [1.29, 1.82) is 0 Å². The lowest BCUT2D eigenvalue weighted by Gasteiger charge is -2.17. The van der Waals surface area contributed by atoms with Gasteiger partial charge in [0.1, 0.15) is 5.75 Å². The smallest absolute Gasteiger partial charge is 0.344 e. The molecule has 1 heterocycles. The lowest BCUT2D eigenvalue weighted by Crippen LogP contribution is -2.29. The summed E-state index contributed by atoms with van der Waals surface area (Å²) in [6, 6.07) is 11.3. The van der Waals surface area contributed by atoms with E-state index in [2.05, 4.69) is 4.98 Å². The van der Waals surface area contributed by atoms with E-state index in [0.29, 0.717) is 17.2 Å². The van der Waals surface area contributed by atoms with Crippen molar-refractivity contribution in [1.82, 2.24) is 9.71 Å². The van der Waals surface area contributed by atoms with Crippen LogP contribution in [-0.2, 0) is 21.4 Å². The van der Waals surface area contributed by atoms with Gasteiger partial charge in [-0.25, -0.2) is 26.7 Å². The number of hydrogen-bond acceptors (Lipinski definition) is 8. The molecular formula is C26H27F2N3O7S. The van der Waals surface area contributed by atoms with Gasteiger partial charge in [0.25, 0.3) is 17.7 Å². The number of aromatic nitrogens is 1. The van der Waals surface area contributed by atoms with Crippen LogP contribution in [0.15, 0.2) is 48.5 Å². The molecule has 3 rings (SSSR count). The molecule has 0 fully saturated rings. The van der Waals surface area contributed by atoms with Gasteiger partial charge in [-0.3, -0.25) is 4.79 Å². The Morgan fingerprint density at radius 2 is 1.74 bits per heavy atom. The minimum atomic E-state index is -3.91. The minimum Gasteiger partial charge on any atom is -0.479 e. The second-order valence-corrected chi connectivity index (χ2v) is 10.8. The quantitative estimate of drug-likeness (QED) is 0.315. The van der Waals surface area contributed by atoms with Crippen molar-refractivity contribution in [3.05, 3.63) is 71.3 Å². The largest absolute Gasteiger partial charge is 0.479 e. The molecule has 4 N–H and O–H groups in total. The van der Waals surface area contributed by atoms with Gasteiger partial charge in [0, 0.05) is 18.2 Å². The first-order chi connectivity index (χ1) is 18.3. The highest BCUT2D eigenvalue weighted by Gasteiger charge is 2.25. The van der Waals surface area contributed by atoms with E-state index in [9.17, 15) is 31.9 Å². The number of sulfonamides is 1. The zero-order valence-electron chi connectivity index (χ0n) is 21.3. The molecule has 0 saturated heterocycles. The number of halogens is 2. The maximum atomic E-state index is 14.7. The van der Waals surface area contributed by atoms with Crippen LogP contribution in [0.2, 0.25) is 0 Å². The summed E-state index contributed by atoms with van der Waals surface area (Å²) >= 11 is 0. The Morgan fingerprint density at radius 1 is 1.05 bits per heavy atom. The Hall–Kier alpha value is -4.10. The highest BCUT2D eigenvalue weighted by Crippen LogP contribution is 2.32. The maximum Gasteiger partial charge on any atom is 0.344 e.